The molecular formula is C23H25N3O2S. The molecule has 3 aromatic rings. The predicted molar refractivity (Wildman–Crippen MR) is 116 cm³/mol. The fraction of sp³-hybridized carbons (Fsp3) is 0.304. The first kappa shape index (κ1) is 19.6. The Labute approximate surface area is 175 Å². The summed E-state index contributed by atoms with van der Waals surface area (Å²) in [5.74, 6) is 0.554. The zero-order chi connectivity index (χ0) is 20.2. The van der Waals surface area contributed by atoms with E-state index in [0.29, 0.717) is 5.13 Å². The van der Waals surface area contributed by atoms with Crippen LogP contribution in [0, 0.1) is 13.8 Å². The van der Waals surface area contributed by atoms with Crippen molar-refractivity contribution >= 4 is 22.4 Å². The summed E-state index contributed by atoms with van der Waals surface area (Å²) in [6.07, 6.45) is 0.910. The largest absolute Gasteiger partial charge is 0.483 e. The van der Waals surface area contributed by atoms with Gasteiger partial charge in [0.05, 0.1) is 5.69 Å². The van der Waals surface area contributed by atoms with E-state index in [1.165, 1.54) is 16.0 Å². The monoisotopic (exact) mass is 407 g/mol. The maximum Gasteiger partial charge on any atom is 0.264 e. The third kappa shape index (κ3) is 5.02. The topological polar surface area (TPSA) is 54.5 Å². The molecule has 0 fully saturated rings. The molecular weight excluding hydrogens is 382 g/mol. The summed E-state index contributed by atoms with van der Waals surface area (Å²) >= 11 is 1.56. The normalized spacial score (nSPS) is 13.7. The number of nitrogens with one attached hydrogen (secondary N) is 1. The van der Waals surface area contributed by atoms with E-state index in [1.807, 2.05) is 38.1 Å². The summed E-state index contributed by atoms with van der Waals surface area (Å²) in [6.45, 7) is 6.79. The number of anilines is 1. The van der Waals surface area contributed by atoms with E-state index in [0.717, 1.165) is 43.1 Å². The van der Waals surface area contributed by atoms with Gasteiger partial charge in [-0.15, -0.1) is 11.3 Å². The van der Waals surface area contributed by atoms with E-state index in [2.05, 4.69) is 39.5 Å². The van der Waals surface area contributed by atoms with Crippen LogP contribution in [0.2, 0.25) is 0 Å². The highest BCUT2D eigenvalue weighted by atomic mass is 32.1. The molecule has 0 spiro atoms. The van der Waals surface area contributed by atoms with Gasteiger partial charge in [0.2, 0.25) is 0 Å². The number of benzene rings is 2. The average molecular weight is 408 g/mol. The third-order valence-electron chi connectivity index (χ3n) is 4.99. The fourth-order valence-electron chi connectivity index (χ4n) is 3.54. The number of carbonyl (C=O) groups is 1. The number of thiazole rings is 1. The number of hydrogen-bond acceptors (Lipinski definition) is 5. The number of hydrogen-bond donors (Lipinski definition) is 1. The van der Waals surface area contributed by atoms with Crippen molar-refractivity contribution in [1.29, 1.82) is 0 Å². The summed E-state index contributed by atoms with van der Waals surface area (Å²) in [5, 5.41) is 3.55. The van der Waals surface area contributed by atoms with Crippen LogP contribution >= 0.6 is 11.3 Å². The highest BCUT2D eigenvalue weighted by molar-refractivity contribution is 7.15. The van der Waals surface area contributed by atoms with Gasteiger partial charge in [-0.3, -0.25) is 15.0 Å². The maximum absolute atomic E-state index is 12.3. The number of ether oxygens (including phenoxy) is 1. The van der Waals surface area contributed by atoms with Gasteiger partial charge in [-0.25, -0.2) is 4.98 Å². The molecule has 0 unspecified atom stereocenters. The van der Waals surface area contributed by atoms with Crippen LogP contribution in [0.25, 0.3) is 0 Å². The summed E-state index contributed by atoms with van der Waals surface area (Å²) in [6, 6.07) is 16.4. The molecule has 0 aliphatic carbocycles. The molecule has 5 nitrogen and oxygen atoms in total. The third-order valence-corrected chi connectivity index (χ3v) is 5.99. The first-order chi connectivity index (χ1) is 14.1. The second kappa shape index (κ2) is 8.76. The zero-order valence-electron chi connectivity index (χ0n) is 16.8. The van der Waals surface area contributed by atoms with Crippen LogP contribution in [-0.2, 0) is 24.3 Å². The maximum atomic E-state index is 12.3. The number of rotatable bonds is 6. The van der Waals surface area contributed by atoms with Crippen LogP contribution < -0.4 is 10.1 Å². The van der Waals surface area contributed by atoms with Crippen molar-refractivity contribution in [3.63, 3.8) is 0 Å². The number of nitrogens with zero attached hydrogens (tertiary/aromatic N) is 2. The lowest BCUT2D eigenvalue weighted by molar-refractivity contribution is -0.118. The Bertz CT molecular complexity index is 1000. The van der Waals surface area contributed by atoms with E-state index >= 15 is 0 Å². The van der Waals surface area contributed by atoms with Crippen molar-refractivity contribution in [3.05, 3.63) is 75.8 Å². The SMILES string of the molecule is Cc1ccc(OCC(=O)Nc2nc3c(s2)CN(Cc2ccccc2)CC3)c(C)c1. The van der Waals surface area contributed by atoms with E-state index in [9.17, 15) is 4.79 Å². The lowest BCUT2D eigenvalue weighted by atomic mass is 10.1. The predicted octanol–water partition coefficient (Wildman–Crippen LogP) is 4.34. The lowest BCUT2D eigenvalue weighted by Crippen LogP contribution is -2.29. The molecule has 6 heteroatoms. The van der Waals surface area contributed by atoms with E-state index in [-0.39, 0.29) is 12.5 Å². The first-order valence-electron chi connectivity index (χ1n) is 9.81. The summed E-state index contributed by atoms with van der Waals surface area (Å²) in [4.78, 5) is 20.6. The van der Waals surface area contributed by atoms with Crippen molar-refractivity contribution in [2.75, 3.05) is 18.5 Å². The molecule has 2 aromatic carbocycles. The van der Waals surface area contributed by atoms with Gasteiger partial charge in [0.15, 0.2) is 11.7 Å². The minimum Gasteiger partial charge on any atom is -0.483 e. The Kier molecular flexibility index (Phi) is 5.92. The van der Waals surface area contributed by atoms with Crippen LogP contribution in [0.4, 0.5) is 5.13 Å². The standard InChI is InChI=1S/C23H25N3O2S/c1-16-8-9-20(17(2)12-16)28-15-22(27)25-23-24-19-10-11-26(14-21(19)29-23)13-18-6-4-3-5-7-18/h3-9,12H,10-11,13-15H2,1-2H3,(H,24,25,27). The Hall–Kier alpha value is -2.70. The van der Waals surface area contributed by atoms with Crippen molar-refractivity contribution in [3.8, 4) is 5.75 Å². The van der Waals surface area contributed by atoms with Gasteiger partial charge in [-0.2, -0.15) is 0 Å². The van der Waals surface area contributed by atoms with Crippen LogP contribution in [0.1, 0.15) is 27.3 Å². The number of carbonyl (C=O) groups excluding carboxylic acids is 1. The molecule has 0 atom stereocenters. The number of amides is 1. The smallest absolute Gasteiger partial charge is 0.264 e. The fourth-order valence-corrected chi connectivity index (χ4v) is 4.61. The van der Waals surface area contributed by atoms with E-state index < -0.39 is 0 Å². The summed E-state index contributed by atoms with van der Waals surface area (Å²) < 4.78 is 5.67. The molecule has 1 N–H and O–H groups in total. The van der Waals surface area contributed by atoms with Crippen molar-refractivity contribution in [1.82, 2.24) is 9.88 Å². The van der Waals surface area contributed by atoms with Gasteiger partial charge in [0, 0.05) is 30.9 Å². The average Bonchev–Trinajstić information content (AvgIpc) is 3.09. The molecule has 0 saturated heterocycles. The molecule has 0 saturated carbocycles. The summed E-state index contributed by atoms with van der Waals surface area (Å²) in [5.41, 5.74) is 4.62. The lowest BCUT2D eigenvalue weighted by Gasteiger charge is -2.25. The molecule has 0 bridgehead atoms. The molecule has 1 aromatic heterocycles. The van der Waals surface area contributed by atoms with Crippen LogP contribution in [0.5, 0.6) is 5.75 Å². The Morgan fingerprint density at radius 2 is 2.03 bits per heavy atom. The van der Waals surface area contributed by atoms with Crippen LogP contribution in [0.3, 0.4) is 0 Å². The molecule has 2 heterocycles. The highest BCUT2D eigenvalue weighted by Gasteiger charge is 2.21. The number of fused-ring (bicyclic) bond motifs is 1. The molecule has 0 radical (unpaired) electrons. The number of aromatic nitrogens is 1. The molecule has 150 valence electrons. The zero-order valence-corrected chi connectivity index (χ0v) is 17.6. The quantitative estimate of drug-likeness (QED) is 0.661. The molecule has 29 heavy (non-hydrogen) atoms. The highest BCUT2D eigenvalue weighted by Crippen LogP contribution is 2.29. The van der Waals surface area contributed by atoms with Gasteiger partial charge >= 0.3 is 0 Å². The summed E-state index contributed by atoms with van der Waals surface area (Å²) in [7, 11) is 0. The molecule has 1 amide bonds. The minimum atomic E-state index is -0.183. The van der Waals surface area contributed by atoms with Gasteiger partial charge in [-0.05, 0) is 31.0 Å². The van der Waals surface area contributed by atoms with Crippen molar-refractivity contribution in [2.24, 2.45) is 0 Å². The molecule has 1 aliphatic rings. The van der Waals surface area contributed by atoms with Gasteiger partial charge in [0.1, 0.15) is 5.75 Å². The first-order valence-corrected chi connectivity index (χ1v) is 10.6. The second-order valence-electron chi connectivity index (χ2n) is 7.44. The van der Waals surface area contributed by atoms with Gasteiger partial charge < -0.3 is 4.74 Å². The van der Waals surface area contributed by atoms with Crippen molar-refractivity contribution in [2.45, 2.75) is 33.4 Å². The van der Waals surface area contributed by atoms with E-state index in [1.54, 1.807) is 11.3 Å². The molecule has 1 aliphatic heterocycles. The Balaban J connectivity index is 1.32. The Morgan fingerprint density at radius 1 is 1.21 bits per heavy atom. The van der Waals surface area contributed by atoms with Gasteiger partial charge in [0.25, 0.3) is 5.91 Å². The Morgan fingerprint density at radius 3 is 2.83 bits per heavy atom. The second-order valence-corrected chi connectivity index (χ2v) is 8.52. The molecule has 4 rings (SSSR count). The van der Waals surface area contributed by atoms with Crippen molar-refractivity contribution < 1.29 is 9.53 Å². The van der Waals surface area contributed by atoms with E-state index in [4.69, 9.17) is 4.74 Å². The van der Waals surface area contributed by atoms with Gasteiger partial charge in [-0.1, -0.05) is 48.0 Å². The van der Waals surface area contributed by atoms with Crippen LogP contribution in [-0.4, -0.2) is 28.9 Å². The minimum absolute atomic E-state index is 0.0196. The van der Waals surface area contributed by atoms with Crippen LogP contribution in [0.15, 0.2) is 48.5 Å². The number of aryl methyl sites for hydroxylation is 2.